The van der Waals surface area contributed by atoms with Crippen LogP contribution in [0.25, 0.3) is 0 Å². The van der Waals surface area contributed by atoms with Crippen molar-refractivity contribution in [2.75, 3.05) is 24.6 Å². The van der Waals surface area contributed by atoms with E-state index in [0.29, 0.717) is 18.6 Å². The van der Waals surface area contributed by atoms with Crippen molar-refractivity contribution < 1.29 is 4.74 Å². The Hall–Kier alpha value is -1.10. The molecule has 2 fully saturated rings. The van der Waals surface area contributed by atoms with Crippen molar-refractivity contribution in [1.82, 2.24) is 15.0 Å². The van der Waals surface area contributed by atoms with Gasteiger partial charge >= 0.3 is 6.01 Å². The van der Waals surface area contributed by atoms with Crippen LogP contribution in [0.4, 0.5) is 5.95 Å². The smallest absolute Gasteiger partial charge is 0.322 e. The lowest BCUT2D eigenvalue weighted by Crippen LogP contribution is -2.30. The summed E-state index contributed by atoms with van der Waals surface area (Å²) in [6, 6.07) is 0.346. The predicted octanol–water partition coefficient (Wildman–Crippen LogP) is 2.94. The monoisotopic (exact) mass is 296 g/mol. The second kappa shape index (κ2) is 6.12. The van der Waals surface area contributed by atoms with E-state index in [2.05, 4.69) is 26.8 Å². The molecule has 20 heavy (non-hydrogen) atoms. The molecule has 2 aliphatic rings. The van der Waals surface area contributed by atoms with Crippen molar-refractivity contribution in [2.24, 2.45) is 11.8 Å². The number of anilines is 1. The fraction of sp³-hybridized carbons (Fsp3) is 0.786. The summed E-state index contributed by atoms with van der Waals surface area (Å²) in [7, 11) is 0. The first-order valence-electron chi connectivity index (χ1n) is 7.54. The van der Waals surface area contributed by atoms with Crippen LogP contribution in [0, 0.1) is 11.8 Å². The average Bonchev–Trinajstić information content (AvgIpc) is 3.30. The highest BCUT2D eigenvalue weighted by Gasteiger charge is 2.30. The molecule has 1 heterocycles. The van der Waals surface area contributed by atoms with Gasteiger partial charge in [-0.1, -0.05) is 6.92 Å². The number of halogens is 1. The zero-order chi connectivity index (χ0) is 13.9. The second-order valence-corrected chi connectivity index (χ2v) is 6.17. The van der Waals surface area contributed by atoms with Gasteiger partial charge in [0.1, 0.15) is 0 Å². The van der Waals surface area contributed by atoms with Gasteiger partial charge in [0.05, 0.1) is 6.61 Å². The highest BCUT2D eigenvalue weighted by atomic mass is 35.5. The number of rotatable bonds is 8. The molecule has 0 aliphatic heterocycles. The minimum atomic E-state index is 0.220. The Labute approximate surface area is 124 Å². The van der Waals surface area contributed by atoms with Crippen LogP contribution >= 0.6 is 11.6 Å². The molecule has 110 valence electrons. The molecule has 3 rings (SSSR count). The van der Waals surface area contributed by atoms with Gasteiger partial charge in [-0.05, 0) is 55.5 Å². The summed E-state index contributed by atoms with van der Waals surface area (Å²) in [4.78, 5) is 15.0. The molecule has 1 aromatic rings. The zero-order valence-corrected chi connectivity index (χ0v) is 12.6. The van der Waals surface area contributed by atoms with Gasteiger partial charge in [-0.15, -0.1) is 0 Å². The summed E-state index contributed by atoms with van der Waals surface area (Å²) in [5.41, 5.74) is 0. The molecule has 2 aliphatic carbocycles. The summed E-state index contributed by atoms with van der Waals surface area (Å²) < 4.78 is 5.49. The SMILES string of the molecule is CCCOc1nc(Cl)nc(N(CC2CC2)CC2CC2)n1. The lowest BCUT2D eigenvalue weighted by atomic mass is 10.3. The first kappa shape index (κ1) is 13.9. The van der Waals surface area contributed by atoms with Gasteiger partial charge in [0.15, 0.2) is 0 Å². The fourth-order valence-corrected chi connectivity index (χ4v) is 2.33. The number of nitrogens with zero attached hydrogens (tertiary/aromatic N) is 4. The van der Waals surface area contributed by atoms with Gasteiger partial charge in [0.2, 0.25) is 11.2 Å². The highest BCUT2D eigenvalue weighted by Crippen LogP contribution is 2.35. The van der Waals surface area contributed by atoms with Crippen LogP contribution in [0.5, 0.6) is 6.01 Å². The van der Waals surface area contributed by atoms with E-state index in [1.54, 1.807) is 0 Å². The van der Waals surface area contributed by atoms with Gasteiger partial charge < -0.3 is 9.64 Å². The number of hydrogen-bond acceptors (Lipinski definition) is 5. The Morgan fingerprint density at radius 1 is 1.10 bits per heavy atom. The summed E-state index contributed by atoms with van der Waals surface area (Å²) in [6.07, 6.45) is 6.20. The summed E-state index contributed by atoms with van der Waals surface area (Å²) in [5, 5.41) is 0.220. The molecule has 0 saturated heterocycles. The van der Waals surface area contributed by atoms with E-state index < -0.39 is 0 Å². The number of hydrogen-bond donors (Lipinski definition) is 0. The van der Waals surface area contributed by atoms with Crippen molar-refractivity contribution in [3.05, 3.63) is 5.28 Å². The van der Waals surface area contributed by atoms with E-state index in [0.717, 1.165) is 31.3 Å². The Balaban J connectivity index is 1.74. The van der Waals surface area contributed by atoms with Crippen molar-refractivity contribution >= 4 is 17.5 Å². The number of ether oxygens (including phenoxy) is 1. The molecule has 0 bridgehead atoms. The highest BCUT2D eigenvalue weighted by molar-refractivity contribution is 6.28. The molecule has 0 atom stereocenters. The van der Waals surface area contributed by atoms with Crippen LogP contribution in [0.3, 0.4) is 0 Å². The minimum Gasteiger partial charge on any atom is -0.463 e. The van der Waals surface area contributed by atoms with Gasteiger partial charge in [-0.3, -0.25) is 0 Å². The lowest BCUT2D eigenvalue weighted by molar-refractivity contribution is 0.291. The third-order valence-corrected chi connectivity index (χ3v) is 3.81. The Morgan fingerprint density at radius 3 is 2.30 bits per heavy atom. The van der Waals surface area contributed by atoms with Crippen molar-refractivity contribution in [2.45, 2.75) is 39.0 Å². The standard InChI is InChI=1S/C14H21ClN4O/c1-2-7-20-14-17-12(15)16-13(18-14)19(8-10-3-4-10)9-11-5-6-11/h10-11H,2-9H2,1H3. The molecule has 0 N–H and O–H groups in total. The van der Waals surface area contributed by atoms with E-state index in [-0.39, 0.29) is 5.28 Å². The molecule has 0 radical (unpaired) electrons. The first-order chi connectivity index (χ1) is 9.74. The minimum absolute atomic E-state index is 0.220. The molecule has 2 saturated carbocycles. The molecule has 0 spiro atoms. The quantitative estimate of drug-likeness (QED) is 0.738. The van der Waals surface area contributed by atoms with E-state index in [1.165, 1.54) is 25.7 Å². The summed E-state index contributed by atoms with van der Waals surface area (Å²) in [5.74, 6) is 2.27. The Kier molecular flexibility index (Phi) is 4.24. The van der Waals surface area contributed by atoms with Gasteiger partial charge in [-0.2, -0.15) is 15.0 Å². The second-order valence-electron chi connectivity index (χ2n) is 5.83. The number of aromatic nitrogens is 3. The van der Waals surface area contributed by atoms with E-state index in [1.807, 2.05) is 0 Å². The maximum Gasteiger partial charge on any atom is 0.322 e. The maximum atomic E-state index is 6.01. The summed E-state index contributed by atoms with van der Waals surface area (Å²) >= 11 is 6.01. The topological polar surface area (TPSA) is 51.1 Å². The third kappa shape index (κ3) is 3.95. The van der Waals surface area contributed by atoms with Crippen LogP contribution in [0.15, 0.2) is 0 Å². The van der Waals surface area contributed by atoms with E-state index in [4.69, 9.17) is 16.3 Å². The molecule has 0 amide bonds. The lowest BCUT2D eigenvalue weighted by Gasteiger charge is -2.22. The van der Waals surface area contributed by atoms with Gasteiger partial charge in [0.25, 0.3) is 0 Å². The van der Waals surface area contributed by atoms with Crippen LogP contribution in [0.2, 0.25) is 5.28 Å². The largest absolute Gasteiger partial charge is 0.463 e. The van der Waals surface area contributed by atoms with Crippen LogP contribution in [-0.4, -0.2) is 34.6 Å². The molecule has 0 unspecified atom stereocenters. The van der Waals surface area contributed by atoms with E-state index >= 15 is 0 Å². The fourth-order valence-electron chi connectivity index (χ4n) is 2.18. The molecule has 1 aromatic heterocycles. The predicted molar refractivity (Wildman–Crippen MR) is 78.3 cm³/mol. The maximum absolute atomic E-state index is 6.01. The summed E-state index contributed by atoms with van der Waals surface area (Å²) in [6.45, 7) is 4.72. The molecule has 0 aromatic carbocycles. The zero-order valence-electron chi connectivity index (χ0n) is 11.9. The van der Waals surface area contributed by atoms with Gasteiger partial charge in [0, 0.05) is 13.1 Å². The van der Waals surface area contributed by atoms with Crippen molar-refractivity contribution in [3.8, 4) is 6.01 Å². The van der Waals surface area contributed by atoms with Crippen molar-refractivity contribution in [3.63, 3.8) is 0 Å². The van der Waals surface area contributed by atoms with Gasteiger partial charge in [-0.25, -0.2) is 0 Å². The molecular weight excluding hydrogens is 276 g/mol. The molecule has 5 nitrogen and oxygen atoms in total. The van der Waals surface area contributed by atoms with Crippen LogP contribution < -0.4 is 9.64 Å². The van der Waals surface area contributed by atoms with E-state index in [9.17, 15) is 0 Å². The third-order valence-electron chi connectivity index (χ3n) is 3.64. The average molecular weight is 297 g/mol. The van der Waals surface area contributed by atoms with Crippen molar-refractivity contribution in [1.29, 1.82) is 0 Å². The first-order valence-corrected chi connectivity index (χ1v) is 7.91. The normalized spacial score (nSPS) is 18.1. The molecular formula is C14H21ClN4O. The van der Waals surface area contributed by atoms with Crippen LogP contribution in [-0.2, 0) is 0 Å². The Morgan fingerprint density at radius 2 is 1.75 bits per heavy atom. The molecule has 6 heteroatoms. The van der Waals surface area contributed by atoms with Crippen LogP contribution in [0.1, 0.15) is 39.0 Å². The Bertz CT molecular complexity index is 448.